The Kier molecular flexibility index (Phi) is 3.86. The lowest BCUT2D eigenvalue weighted by Crippen LogP contribution is -2.21. The maximum atomic E-state index is 6.19. The second kappa shape index (κ2) is 5.61. The largest absolute Gasteiger partial charge is 0.343 e. The molecule has 1 aliphatic rings. The molecule has 0 fully saturated rings. The normalized spacial score (nSPS) is 18.3. The monoisotopic (exact) mass is 293 g/mol. The van der Waals surface area contributed by atoms with Gasteiger partial charge in [0.2, 0.25) is 0 Å². The summed E-state index contributed by atoms with van der Waals surface area (Å²) >= 11 is 3.60. The van der Waals surface area contributed by atoms with Crippen LogP contribution in [0, 0.1) is 0 Å². The van der Waals surface area contributed by atoms with Gasteiger partial charge in [0.25, 0.3) is 0 Å². The van der Waals surface area contributed by atoms with Crippen molar-refractivity contribution in [2.45, 2.75) is 38.8 Å². The molecule has 2 heterocycles. The summed E-state index contributed by atoms with van der Waals surface area (Å²) in [5.74, 6) is 0. The van der Waals surface area contributed by atoms with Crippen LogP contribution in [0.1, 0.15) is 41.3 Å². The molecule has 3 rings (SSSR count). The highest BCUT2D eigenvalue weighted by Crippen LogP contribution is 2.36. The summed E-state index contributed by atoms with van der Waals surface area (Å²) in [6.07, 6.45) is 3.37. The minimum absolute atomic E-state index is 0.204. The second-order valence-corrected chi connectivity index (χ2v) is 6.94. The van der Waals surface area contributed by atoms with Crippen molar-refractivity contribution in [3.05, 3.63) is 33.0 Å². The van der Waals surface area contributed by atoms with E-state index in [1.54, 1.807) is 11.3 Å². The summed E-state index contributed by atoms with van der Waals surface area (Å²) in [7, 11) is 0. The zero-order valence-electron chi connectivity index (χ0n) is 11.1. The molecule has 1 unspecified atom stereocenters. The number of aromatic nitrogens is 1. The zero-order valence-corrected chi connectivity index (χ0v) is 12.8. The third-order valence-corrected chi connectivity index (χ3v) is 5.71. The van der Waals surface area contributed by atoms with E-state index in [2.05, 4.69) is 29.3 Å². The molecule has 2 N–H and O–H groups in total. The first kappa shape index (κ1) is 13.1. The molecular weight excluding hydrogens is 274 g/mol. The Hall–Kier alpha value is -0.910. The van der Waals surface area contributed by atoms with Crippen LogP contribution in [0.15, 0.2) is 17.5 Å². The number of hydrogen-bond acceptors (Lipinski definition) is 5. The molecule has 5 heteroatoms. The number of fused-ring (bicyclic) bond motifs is 1. The van der Waals surface area contributed by atoms with Crippen LogP contribution in [0.4, 0.5) is 5.13 Å². The van der Waals surface area contributed by atoms with Gasteiger partial charge < -0.3 is 10.6 Å². The molecule has 2 aromatic rings. The average Bonchev–Trinajstić information content (AvgIpc) is 3.05. The Morgan fingerprint density at radius 2 is 2.42 bits per heavy atom. The van der Waals surface area contributed by atoms with Gasteiger partial charge in [0.1, 0.15) is 0 Å². The van der Waals surface area contributed by atoms with Gasteiger partial charge in [-0.1, -0.05) is 17.4 Å². The van der Waals surface area contributed by atoms with Crippen LogP contribution in [-0.4, -0.2) is 11.5 Å². The summed E-state index contributed by atoms with van der Waals surface area (Å²) in [6, 6.07) is 4.50. The van der Waals surface area contributed by atoms with E-state index in [9.17, 15) is 0 Å². The third kappa shape index (κ3) is 2.68. The van der Waals surface area contributed by atoms with E-state index in [-0.39, 0.29) is 6.04 Å². The highest BCUT2D eigenvalue weighted by atomic mass is 32.1. The van der Waals surface area contributed by atoms with E-state index in [0.29, 0.717) is 0 Å². The number of anilines is 1. The lowest BCUT2D eigenvalue weighted by Gasteiger charge is -2.18. The van der Waals surface area contributed by atoms with Crippen LogP contribution in [0.2, 0.25) is 0 Å². The third-order valence-electron chi connectivity index (χ3n) is 3.56. The second-order valence-electron chi connectivity index (χ2n) is 4.90. The van der Waals surface area contributed by atoms with Crippen LogP contribution in [0.25, 0.3) is 0 Å². The van der Waals surface area contributed by atoms with E-state index < -0.39 is 0 Å². The molecule has 0 amide bonds. The molecule has 3 nitrogen and oxygen atoms in total. The van der Waals surface area contributed by atoms with Gasteiger partial charge in [-0.15, -0.1) is 11.3 Å². The zero-order chi connectivity index (χ0) is 13.2. The van der Waals surface area contributed by atoms with Gasteiger partial charge in [-0.2, -0.15) is 0 Å². The number of aryl methyl sites for hydroxylation is 1. The highest BCUT2D eigenvalue weighted by Gasteiger charge is 2.23. The molecule has 0 aromatic carbocycles. The number of hydrogen-bond donors (Lipinski definition) is 1. The summed E-state index contributed by atoms with van der Waals surface area (Å²) in [5.41, 5.74) is 7.43. The summed E-state index contributed by atoms with van der Waals surface area (Å²) in [4.78, 5) is 9.87. The van der Waals surface area contributed by atoms with Crippen LogP contribution >= 0.6 is 22.7 Å². The Bertz CT molecular complexity index is 533. The Morgan fingerprint density at radius 1 is 1.53 bits per heavy atom. The fraction of sp³-hybridized carbons (Fsp3) is 0.500. The SMILES string of the molecule is CCN(Cc1cccs1)c1nc2c(s1)C(N)CCC2. The van der Waals surface area contributed by atoms with Crippen molar-refractivity contribution in [2.24, 2.45) is 5.73 Å². The molecular formula is C14H19N3S2. The molecule has 0 aliphatic heterocycles. The number of thiazole rings is 1. The lowest BCUT2D eigenvalue weighted by atomic mass is 9.99. The topological polar surface area (TPSA) is 42.2 Å². The van der Waals surface area contributed by atoms with E-state index in [1.807, 2.05) is 11.3 Å². The molecule has 102 valence electrons. The Labute approximate surface area is 122 Å². The quantitative estimate of drug-likeness (QED) is 0.937. The van der Waals surface area contributed by atoms with Crippen LogP contribution in [0.3, 0.4) is 0 Å². The highest BCUT2D eigenvalue weighted by molar-refractivity contribution is 7.15. The van der Waals surface area contributed by atoms with Gasteiger partial charge in [0.05, 0.1) is 12.2 Å². The molecule has 1 atom stereocenters. The maximum absolute atomic E-state index is 6.19. The molecule has 0 saturated heterocycles. The smallest absolute Gasteiger partial charge is 0.186 e. The van der Waals surface area contributed by atoms with Crippen LogP contribution in [-0.2, 0) is 13.0 Å². The van der Waals surface area contributed by atoms with E-state index >= 15 is 0 Å². The summed E-state index contributed by atoms with van der Waals surface area (Å²) < 4.78 is 0. The molecule has 0 radical (unpaired) electrons. The van der Waals surface area contributed by atoms with Crippen molar-refractivity contribution in [3.63, 3.8) is 0 Å². The van der Waals surface area contributed by atoms with Gasteiger partial charge in [-0.3, -0.25) is 0 Å². The first-order valence-corrected chi connectivity index (χ1v) is 8.50. The number of nitrogens with zero attached hydrogens (tertiary/aromatic N) is 2. The van der Waals surface area contributed by atoms with Crippen molar-refractivity contribution in [2.75, 3.05) is 11.4 Å². The van der Waals surface area contributed by atoms with Crippen LogP contribution < -0.4 is 10.6 Å². The predicted octanol–water partition coefficient (Wildman–Crippen LogP) is 3.57. The van der Waals surface area contributed by atoms with Gasteiger partial charge in [-0.25, -0.2) is 4.98 Å². The minimum Gasteiger partial charge on any atom is -0.343 e. The van der Waals surface area contributed by atoms with Crippen LogP contribution in [0.5, 0.6) is 0 Å². The number of nitrogens with two attached hydrogens (primary N) is 1. The van der Waals surface area contributed by atoms with Crippen molar-refractivity contribution in [1.29, 1.82) is 0 Å². The standard InChI is InChI=1S/C14H19N3S2/c1-2-17(9-10-5-4-8-18-10)14-16-12-7-3-6-11(15)13(12)19-14/h4-5,8,11H,2-3,6-7,9,15H2,1H3. The Morgan fingerprint density at radius 3 is 3.11 bits per heavy atom. The van der Waals surface area contributed by atoms with Gasteiger partial charge in [-0.05, 0) is 37.6 Å². The van der Waals surface area contributed by atoms with Gasteiger partial charge in [0.15, 0.2) is 5.13 Å². The molecule has 0 spiro atoms. The summed E-state index contributed by atoms with van der Waals surface area (Å²) in [6.45, 7) is 4.13. The van der Waals surface area contributed by atoms with Crippen molar-refractivity contribution < 1.29 is 0 Å². The molecule has 2 aromatic heterocycles. The molecule has 1 aliphatic carbocycles. The van der Waals surface area contributed by atoms with Gasteiger partial charge >= 0.3 is 0 Å². The van der Waals surface area contributed by atoms with Gasteiger partial charge in [0, 0.05) is 22.3 Å². The number of rotatable bonds is 4. The van der Waals surface area contributed by atoms with Crippen molar-refractivity contribution in [3.8, 4) is 0 Å². The minimum atomic E-state index is 0.204. The first-order valence-electron chi connectivity index (χ1n) is 6.80. The molecule has 0 saturated carbocycles. The predicted molar refractivity (Wildman–Crippen MR) is 83.0 cm³/mol. The van der Waals surface area contributed by atoms with Crippen molar-refractivity contribution >= 4 is 27.8 Å². The summed E-state index contributed by atoms with van der Waals surface area (Å²) in [5, 5.41) is 3.27. The average molecular weight is 293 g/mol. The fourth-order valence-electron chi connectivity index (χ4n) is 2.48. The molecule has 0 bridgehead atoms. The lowest BCUT2D eigenvalue weighted by molar-refractivity contribution is 0.573. The van der Waals surface area contributed by atoms with Crippen molar-refractivity contribution in [1.82, 2.24) is 4.98 Å². The fourth-order valence-corrected chi connectivity index (χ4v) is 4.41. The maximum Gasteiger partial charge on any atom is 0.186 e. The van der Waals surface area contributed by atoms with E-state index in [0.717, 1.165) is 31.1 Å². The first-order chi connectivity index (χ1) is 9.28. The Balaban J connectivity index is 1.83. The number of thiophene rings is 1. The molecule has 19 heavy (non-hydrogen) atoms. The van der Waals surface area contributed by atoms with E-state index in [4.69, 9.17) is 10.7 Å². The van der Waals surface area contributed by atoms with E-state index in [1.165, 1.54) is 21.9 Å².